The Kier molecular flexibility index (Phi) is 3.47. The molecule has 3 nitrogen and oxygen atoms in total. The van der Waals surface area contributed by atoms with E-state index in [1.54, 1.807) is 12.1 Å². The zero-order valence-electron chi connectivity index (χ0n) is 8.10. The zero-order chi connectivity index (χ0) is 11.7. The molecule has 1 aliphatic rings. The van der Waals surface area contributed by atoms with Gasteiger partial charge in [0, 0.05) is 11.4 Å². The van der Waals surface area contributed by atoms with Gasteiger partial charge in [-0.2, -0.15) is 0 Å². The molecule has 0 aliphatic carbocycles. The number of carbonyl (C=O) groups is 1. The van der Waals surface area contributed by atoms with Gasteiger partial charge in [-0.25, -0.2) is 4.79 Å². The van der Waals surface area contributed by atoms with E-state index in [4.69, 9.17) is 39.5 Å². The van der Waals surface area contributed by atoms with Crippen LogP contribution in [-0.4, -0.2) is 12.7 Å². The van der Waals surface area contributed by atoms with Crippen LogP contribution in [0, 0.1) is 0 Å². The highest BCUT2D eigenvalue weighted by Gasteiger charge is 2.24. The summed E-state index contributed by atoms with van der Waals surface area (Å²) in [5, 5.41) is 3.95. The second-order valence-corrected chi connectivity index (χ2v) is 4.63. The molecule has 1 aromatic carbocycles. The Morgan fingerprint density at radius 1 is 1.31 bits per heavy atom. The van der Waals surface area contributed by atoms with E-state index < -0.39 is 6.09 Å². The summed E-state index contributed by atoms with van der Waals surface area (Å²) in [5.74, 6) is 0. The normalized spacial score (nSPS) is 20.2. The van der Waals surface area contributed by atoms with E-state index in [9.17, 15) is 4.79 Å². The molecular weight excluding hydrogens is 272 g/mol. The highest BCUT2D eigenvalue weighted by Crippen LogP contribution is 2.35. The molecule has 1 fully saturated rings. The van der Waals surface area contributed by atoms with Crippen LogP contribution in [0.5, 0.6) is 0 Å². The van der Waals surface area contributed by atoms with Crippen LogP contribution in [0.25, 0.3) is 0 Å². The lowest BCUT2D eigenvalue weighted by Crippen LogP contribution is -2.35. The Morgan fingerprint density at radius 3 is 2.75 bits per heavy atom. The Labute approximate surface area is 108 Å². The van der Waals surface area contributed by atoms with Crippen molar-refractivity contribution in [3.05, 3.63) is 32.8 Å². The third kappa shape index (κ3) is 2.37. The maximum Gasteiger partial charge on any atom is 0.407 e. The number of halogens is 3. The van der Waals surface area contributed by atoms with Gasteiger partial charge in [0.2, 0.25) is 0 Å². The van der Waals surface area contributed by atoms with E-state index in [-0.39, 0.29) is 6.04 Å². The average molecular weight is 281 g/mol. The molecular formula is C10H8Cl3NO2. The highest BCUT2D eigenvalue weighted by atomic mass is 35.5. The zero-order valence-corrected chi connectivity index (χ0v) is 10.4. The van der Waals surface area contributed by atoms with Gasteiger partial charge in [0.1, 0.15) is 0 Å². The molecule has 86 valence electrons. The molecule has 1 heterocycles. The molecule has 16 heavy (non-hydrogen) atoms. The van der Waals surface area contributed by atoms with Gasteiger partial charge in [-0.3, -0.25) is 0 Å². The standard InChI is InChI=1S/C10H8Cl3NO2/c11-5-3-6(9(13)7(12)4-5)8-1-2-16-10(15)14-8/h3-4,8H,1-2H2,(H,14,15)/t8-/m1/s1. The fourth-order valence-corrected chi connectivity index (χ4v) is 2.34. The van der Waals surface area contributed by atoms with Crippen molar-refractivity contribution in [3.63, 3.8) is 0 Å². The molecule has 1 aromatic rings. The molecule has 2 rings (SSSR count). The van der Waals surface area contributed by atoms with Gasteiger partial charge in [0.05, 0.1) is 22.7 Å². The largest absolute Gasteiger partial charge is 0.449 e. The van der Waals surface area contributed by atoms with Crippen LogP contribution < -0.4 is 5.32 Å². The maximum absolute atomic E-state index is 11.1. The van der Waals surface area contributed by atoms with E-state index in [1.165, 1.54) is 0 Å². The van der Waals surface area contributed by atoms with E-state index in [2.05, 4.69) is 5.32 Å². The molecule has 1 amide bonds. The second kappa shape index (κ2) is 4.70. The summed E-state index contributed by atoms with van der Waals surface area (Å²) < 4.78 is 4.77. The summed E-state index contributed by atoms with van der Waals surface area (Å²) in [4.78, 5) is 11.1. The minimum absolute atomic E-state index is 0.204. The van der Waals surface area contributed by atoms with Gasteiger partial charge in [-0.05, 0) is 17.7 Å². The Balaban J connectivity index is 2.35. The van der Waals surface area contributed by atoms with Crippen LogP contribution in [0.2, 0.25) is 15.1 Å². The SMILES string of the molecule is O=C1N[C@@H](c2cc(Cl)cc(Cl)c2Cl)CCO1. The van der Waals surface area contributed by atoms with Crippen LogP contribution >= 0.6 is 34.8 Å². The lowest BCUT2D eigenvalue weighted by atomic mass is 10.0. The number of benzene rings is 1. The lowest BCUT2D eigenvalue weighted by molar-refractivity contribution is 0.115. The van der Waals surface area contributed by atoms with Gasteiger partial charge in [-0.15, -0.1) is 0 Å². The van der Waals surface area contributed by atoms with Crippen LogP contribution in [-0.2, 0) is 4.74 Å². The fraction of sp³-hybridized carbons (Fsp3) is 0.300. The van der Waals surface area contributed by atoms with Crippen molar-refractivity contribution in [2.75, 3.05) is 6.61 Å². The molecule has 0 radical (unpaired) electrons. The summed E-state index contributed by atoms with van der Waals surface area (Å²) in [5.41, 5.74) is 0.718. The number of alkyl carbamates (subject to hydrolysis) is 1. The van der Waals surface area contributed by atoms with E-state index in [1.807, 2.05) is 0 Å². The van der Waals surface area contributed by atoms with Crippen molar-refractivity contribution in [1.29, 1.82) is 0 Å². The molecule has 0 bridgehead atoms. The fourth-order valence-electron chi connectivity index (χ4n) is 1.59. The molecule has 1 saturated heterocycles. The molecule has 6 heteroatoms. The van der Waals surface area contributed by atoms with Crippen molar-refractivity contribution < 1.29 is 9.53 Å². The van der Waals surface area contributed by atoms with Crippen LogP contribution in [0.1, 0.15) is 18.0 Å². The van der Waals surface area contributed by atoms with E-state index in [0.29, 0.717) is 28.1 Å². The Hall–Kier alpha value is -0.640. The smallest absolute Gasteiger partial charge is 0.407 e. The lowest BCUT2D eigenvalue weighted by Gasteiger charge is -2.24. The van der Waals surface area contributed by atoms with Gasteiger partial charge >= 0.3 is 6.09 Å². The quantitative estimate of drug-likeness (QED) is 0.794. The van der Waals surface area contributed by atoms with Crippen molar-refractivity contribution in [2.45, 2.75) is 12.5 Å². The monoisotopic (exact) mass is 279 g/mol. The average Bonchev–Trinajstić information content (AvgIpc) is 2.23. The first-order valence-electron chi connectivity index (χ1n) is 4.65. The first-order chi connectivity index (χ1) is 7.58. The topological polar surface area (TPSA) is 38.3 Å². The number of carbonyl (C=O) groups excluding carboxylic acids is 1. The van der Waals surface area contributed by atoms with Crippen molar-refractivity contribution >= 4 is 40.9 Å². The molecule has 1 atom stereocenters. The molecule has 0 aromatic heterocycles. The molecule has 0 spiro atoms. The summed E-state index contributed by atoms with van der Waals surface area (Å²) in [7, 11) is 0. The minimum atomic E-state index is -0.455. The number of rotatable bonds is 1. The number of hydrogen-bond donors (Lipinski definition) is 1. The van der Waals surface area contributed by atoms with Crippen LogP contribution in [0.4, 0.5) is 4.79 Å². The van der Waals surface area contributed by atoms with Gasteiger partial charge in [0.15, 0.2) is 0 Å². The Bertz CT molecular complexity index is 436. The predicted molar refractivity (Wildman–Crippen MR) is 63.3 cm³/mol. The van der Waals surface area contributed by atoms with Gasteiger partial charge in [0.25, 0.3) is 0 Å². The van der Waals surface area contributed by atoms with Crippen LogP contribution in [0.3, 0.4) is 0 Å². The van der Waals surface area contributed by atoms with Crippen molar-refractivity contribution in [3.8, 4) is 0 Å². The molecule has 0 unspecified atom stereocenters. The summed E-state index contributed by atoms with van der Waals surface area (Å²) >= 11 is 17.9. The van der Waals surface area contributed by atoms with Gasteiger partial charge < -0.3 is 10.1 Å². The predicted octanol–water partition coefficient (Wildman–Crippen LogP) is 3.82. The second-order valence-electron chi connectivity index (χ2n) is 3.41. The summed E-state index contributed by atoms with van der Waals surface area (Å²) in [6, 6.07) is 3.06. The number of ether oxygens (including phenoxy) is 1. The van der Waals surface area contributed by atoms with Crippen molar-refractivity contribution in [1.82, 2.24) is 5.32 Å². The van der Waals surface area contributed by atoms with Crippen molar-refractivity contribution in [2.24, 2.45) is 0 Å². The molecule has 1 N–H and O–H groups in total. The third-order valence-corrected chi connectivity index (χ3v) is 3.36. The number of nitrogens with one attached hydrogen (secondary N) is 1. The first-order valence-corrected chi connectivity index (χ1v) is 5.79. The number of cyclic esters (lactones) is 1. The third-order valence-electron chi connectivity index (χ3n) is 2.33. The summed E-state index contributed by atoms with van der Waals surface area (Å²) in [6.07, 6.45) is 0.186. The first kappa shape index (κ1) is 11.8. The number of amides is 1. The minimum Gasteiger partial charge on any atom is -0.449 e. The van der Waals surface area contributed by atoms with E-state index >= 15 is 0 Å². The van der Waals surface area contributed by atoms with Crippen LogP contribution in [0.15, 0.2) is 12.1 Å². The number of hydrogen-bond acceptors (Lipinski definition) is 2. The van der Waals surface area contributed by atoms with E-state index in [0.717, 1.165) is 5.56 Å². The van der Waals surface area contributed by atoms with Gasteiger partial charge in [-0.1, -0.05) is 34.8 Å². The molecule has 1 aliphatic heterocycles. The summed E-state index contributed by atoms with van der Waals surface area (Å²) in [6.45, 7) is 0.358. The maximum atomic E-state index is 11.1. The Morgan fingerprint density at radius 2 is 2.06 bits per heavy atom. The highest BCUT2D eigenvalue weighted by molar-refractivity contribution is 6.43. The molecule has 0 saturated carbocycles.